The summed E-state index contributed by atoms with van der Waals surface area (Å²) in [5.41, 5.74) is 0. The standard InChI is InChI=1S/C8H16N2O2/c1-5(8(12)9-4)6(2)10-7(3)11/h5-6H,1-4H3,(H,9,12)(H,10,11)/t5-,6+/m1/s1. The molecule has 2 atom stereocenters. The Morgan fingerprint density at radius 1 is 1.25 bits per heavy atom. The van der Waals surface area contributed by atoms with E-state index in [1.807, 2.05) is 0 Å². The van der Waals surface area contributed by atoms with Gasteiger partial charge in [-0.1, -0.05) is 6.92 Å². The van der Waals surface area contributed by atoms with E-state index in [1.54, 1.807) is 20.9 Å². The van der Waals surface area contributed by atoms with E-state index in [4.69, 9.17) is 0 Å². The molecule has 4 heteroatoms. The van der Waals surface area contributed by atoms with Crippen LogP contribution in [0.3, 0.4) is 0 Å². The van der Waals surface area contributed by atoms with Crippen molar-refractivity contribution in [3.8, 4) is 0 Å². The Morgan fingerprint density at radius 3 is 2.08 bits per heavy atom. The number of rotatable bonds is 3. The van der Waals surface area contributed by atoms with Crippen LogP contribution >= 0.6 is 0 Å². The van der Waals surface area contributed by atoms with E-state index < -0.39 is 0 Å². The van der Waals surface area contributed by atoms with Gasteiger partial charge < -0.3 is 10.6 Å². The monoisotopic (exact) mass is 172 g/mol. The summed E-state index contributed by atoms with van der Waals surface area (Å²) in [4.78, 5) is 21.7. The summed E-state index contributed by atoms with van der Waals surface area (Å²) in [5, 5.41) is 5.19. The summed E-state index contributed by atoms with van der Waals surface area (Å²) >= 11 is 0. The summed E-state index contributed by atoms with van der Waals surface area (Å²) in [5.74, 6) is -0.367. The SMILES string of the molecule is CNC(=O)[C@H](C)[C@H](C)NC(C)=O. The molecule has 0 heterocycles. The van der Waals surface area contributed by atoms with Crippen molar-refractivity contribution < 1.29 is 9.59 Å². The topological polar surface area (TPSA) is 58.2 Å². The minimum Gasteiger partial charge on any atom is -0.359 e. The minimum atomic E-state index is -0.195. The molecule has 0 aromatic rings. The predicted octanol–water partition coefficient (Wildman–Crippen LogP) is -0.107. The second-order valence-corrected chi connectivity index (χ2v) is 2.89. The molecule has 12 heavy (non-hydrogen) atoms. The van der Waals surface area contributed by atoms with Crippen LogP contribution in [0.25, 0.3) is 0 Å². The third kappa shape index (κ3) is 3.37. The Bertz CT molecular complexity index is 180. The van der Waals surface area contributed by atoms with Crippen LogP contribution in [0.2, 0.25) is 0 Å². The molecule has 0 aliphatic rings. The van der Waals surface area contributed by atoms with Gasteiger partial charge in [-0.05, 0) is 6.92 Å². The van der Waals surface area contributed by atoms with Crippen molar-refractivity contribution >= 4 is 11.8 Å². The Balaban J connectivity index is 4.00. The molecule has 0 radical (unpaired) electrons. The van der Waals surface area contributed by atoms with Crippen LogP contribution in [0.5, 0.6) is 0 Å². The summed E-state index contributed by atoms with van der Waals surface area (Å²) in [7, 11) is 1.58. The largest absolute Gasteiger partial charge is 0.359 e. The Morgan fingerprint density at radius 2 is 1.75 bits per heavy atom. The van der Waals surface area contributed by atoms with Gasteiger partial charge in [0.2, 0.25) is 11.8 Å². The second kappa shape index (κ2) is 4.74. The average molecular weight is 172 g/mol. The van der Waals surface area contributed by atoms with Gasteiger partial charge in [-0.2, -0.15) is 0 Å². The molecule has 0 aliphatic heterocycles. The molecule has 4 nitrogen and oxygen atoms in total. The van der Waals surface area contributed by atoms with Gasteiger partial charge in [-0.3, -0.25) is 9.59 Å². The number of carbonyl (C=O) groups excluding carboxylic acids is 2. The van der Waals surface area contributed by atoms with E-state index in [2.05, 4.69) is 10.6 Å². The van der Waals surface area contributed by atoms with Crippen LogP contribution in [-0.2, 0) is 9.59 Å². The van der Waals surface area contributed by atoms with Gasteiger partial charge in [-0.15, -0.1) is 0 Å². The zero-order valence-corrected chi connectivity index (χ0v) is 7.97. The second-order valence-electron chi connectivity index (χ2n) is 2.89. The molecule has 0 spiro atoms. The minimum absolute atomic E-state index is 0.0590. The van der Waals surface area contributed by atoms with E-state index in [-0.39, 0.29) is 23.8 Å². The number of hydrogen-bond acceptors (Lipinski definition) is 2. The highest BCUT2D eigenvalue weighted by Crippen LogP contribution is 2.01. The first-order chi connectivity index (χ1) is 5.49. The summed E-state index contributed by atoms with van der Waals surface area (Å²) < 4.78 is 0. The Labute approximate surface area is 72.7 Å². The van der Waals surface area contributed by atoms with Gasteiger partial charge in [0.25, 0.3) is 0 Å². The zero-order chi connectivity index (χ0) is 9.72. The molecule has 0 aromatic carbocycles. The predicted molar refractivity (Wildman–Crippen MR) is 46.5 cm³/mol. The fraction of sp³-hybridized carbons (Fsp3) is 0.750. The van der Waals surface area contributed by atoms with Gasteiger partial charge in [0.15, 0.2) is 0 Å². The van der Waals surface area contributed by atoms with Gasteiger partial charge in [0, 0.05) is 20.0 Å². The first-order valence-corrected chi connectivity index (χ1v) is 3.97. The fourth-order valence-electron chi connectivity index (χ4n) is 0.900. The summed E-state index contributed by atoms with van der Waals surface area (Å²) in [6, 6.07) is -0.123. The zero-order valence-electron chi connectivity index (χ0n) is 7.97. The molecule has 2 N–H and O–H groups in total. The molecular formula is C8H16N2O2. The molecule has 0 rings (SSSR count). The quantitative estimate of drug-likeness (QED) is 0.624. The molecule has 0 bridgehead atoms. The van der Waals surface area contributed by atoms with Crippen LogP contribution in [-0.4, -0.2) is 24.9 Å². The van der Waals surface area contributed by atoms with E-state index in [0.29, 0.717) is 0 Å². The lowest BCUT2D eigenvalue weighted by Gasteiger charge is -2.18. The summed E-state index contributed by atoms with van der Waals surface area (Å²) in [6.45, 7) is 5.02. The Hall–Kier alpha value is -1.06. The van der Waals surface area contributed by atoms with Crippen LogP contribution in [0, 0.1) is 5.92 Å². The van der Waals surface area contributed by atoms with Crippen molar-refractivity contribution in [2.45, 2.75) is 26.8 Å². The first kappa shape index (κ1) is 10.9. The Kier molecular flexibility index (Phi) is 4.33. The van der Waals surface area contributed by atoms with E-state index in [0.717, 1.165) is 0 Å². The van der Waals surface area contributed by atoms with Crippen molar-refractivity contribution in [3.63, 3.8) is 0 Å². The van der Waals surface area contributed by atoms with Gasteiger partial charge in [0.05, 0.1) is 5.92 Å². The van der Waals surface area contributed by atoms with Crippen LogP contribution in [0.1, 0.15) is 20.8 Å². The number of hydrogen-bond donors (Lipinski definition) is 2. The lowest BCUT2D eigenvalue weighted by molar-refractivity contribution is -0.125. The maximum Gasteiger partial charge on any atom is 0.224 e. The maximum absolute atomic E-state index is 11.1. The highest BCUT2D eigenvalue weighted by atomic mass is 16.2. The van der Waals surface area contributed by atoms with Crippen molar-refractivity contribution in [2.75, 3.05) is 7.05 Å². The maximum atomic E-state index is 11.1. The van der Waals surface area contributed by atoms with Crippen molar-refractivity contribution in [3.05, 3.63) is 0 Å². The molecule has 0 saturated carbocycles. The van der Waals surface area contributed by atoms with Crippen LogP contribution in [0.15, 0.2) is 0 Å². The highest BCUT2D eigenvalue weighted by Gasteiger charge is 2.19. The lowest BCUT2D eigenvalue weighted by atomic mass is 10.0. The van der Waals surface area contributed by atoms with Gasteiger partial charge in [0.1, 0.15) is 0 Å². The van der Waals surface area contributed by atoms with Crippen LogP contribution in [0.4, 0.5) is 0 Å². The smallest absolute Gasteiger partial charge is 0.224 e. The van der Waals surface area contributed by atoms with Gasteiger partial charge >= 0.3 is 0 Å². The van der Waals surface area contributed by atoms with Crippen molar-refractivity contribution in [1.82, 2.24) is 10.6 Å². The fourth-order valence-corrected chi connectivity index (χ4v) is 0.900. The lowest BCUT2D eigenvalue weighted by Crippen LogP contribution is -2.42. The first-order valence-electron chi connectivity index (χ1n) is 3.97. The van der Waals surface area contributed by atoms with Gasteiger partial charge in [-0.25, -0.2) is 0 Å². The molecule has 0 aliphatic carbocycles. The average Bonchev–Trinajstić information content (AvgIpc) is 2.00. The normalized spacial score (nSPS) is 14.7. The molecule has 0 fully saturated rings. The molecule has 0 unspecified atom stereocenters. The van der Waals surface area contributed by atoms with Crippen molar-refractivity contribution in [1.29, 1.82) is 0 Å². The number of nitrogens with one attached hydrogen (secondary N) is 2. The molecule has 70 valence electrons. The van der Waals surface area contributed by atoms with Crippen molar-refractivity contribution in [2.24, 2.45) is 5.92 Å². The molecule has 0 aromatic heterocycles. The number of carbonyl (C=O) groups is 2. The van der Waals surface area contributed by atoms with Crippen LogP contribution < -0.4 is 10.6 Å². The molecular weight excluding hydrogens is 156 g/mol. The van der Waals surface area contributed by atoms with E-state index in [9.17, 15) is 9.59 Å². The highest BCUT2D eigenvalue weighted by molar-refractivity contribution is 5.80. The third-order valence-corrected chi connectivity index (χ3v) is 1.84. The molecule has 2 amide bonds. The van der Waals surface area contributed by atoms with E-state index in [1.165, 1.54) is 6.92 Å². The number of amides is 2. The third-order valence-electron chi connectivity index (χ3n) is 1.84. The molecule has 0 saturated heterocycles. The summed E-state index contributed by atoms with van der Waals surface area (Å²) in [6.07, 6.45) is 0. The van der Waals surface area contributed by atoms with E-state index >= 15 is 0 Å².